The van der Waals surface area contributed by atoms with E-state index in [1.807, 2.05) is 0 Å². The number of hydrogen-bond acceptors (Lipinski definition) is 3. The molecule has 0 heterocycles. The van der Waals surface area contributed by atoms with E-state index in [1.54, 1.807) is 13.0 Å². The number of aliphatic hydroxyl groups excluding tert-OH is 1. The number of benzene rings is 1. The molecule has 1 aromatic rings. The average Bonchev–Trinajstić information content (AvgIpc) is 2.39. The third-order valence-corrected chi connectivity index (χ3v) is 3.29. The number of nitrogens with zero attached hydrogens (tertiary/aromatic N) is 1. The van der Waals surface area contributed by atoms with Crippen LogP contribution in [0.5, 0.6) is 0 Å². The maximum atomic E-state index is 13.5. The van der Waals surface area contributed by atoms with E-state index >= 15 is 0 Å². The van der Waals surface area contributed by atoms with Gasteiger partial charge in [-0.25, -0.2) is 4.39 Å². The quantitative estimate of drug-likeness (QED) is 0.816. The van der Waals surface area contributed by atoms with Crippen LogP contribution in [-0.4, -0.2) is 41.5 Å². The van der Waals surface area contributed by atoms with Gasteiger partial charge in [0, 0.05) is 18.1 Å². The standard InChI is InChI=1S/C13H16BrFN2O3/c1-8(18)6-7-17(2)13(20)12(19)16-11-9(14)4-3-5-10(11)15/h3-5,8,18H,6-7H2,1-2H3,(H,16,19). The maximum Gasteiger partial charge on any atom is 0.314 e. The number of likely N-dealkylation sites (N-methyl/N-ethyl adjacent to an activating group) is 1. The average molecular weight is 347 g/mol. The summed E-state index contributed by atoms with van der Waals surface area (Å²) in [6, 6.07) is 4.22. The smallest absolute Gasteiger partial charge is 0.314 e. The summed E-state index contributed by atoms with van der Waals surface area (Å²) >= 11 is 3.10. The van der Waals surface area contributed by atoms with Crippen LogP contribution in [0, 0.1) is 5.82 Å². The summed E-state index contributed by atoms with van der Waals surface area (Å²) in [6.07, 6.45) is -0.201. The van der Waals surface area contributed by atoms with E-state index in [1.165, 1.54) is 24.1 Å². The number of carbonyl (C=O) groups excluding carboxylic acids is 2. The Morgan fingerprint density at radius 3 is 2.70 bits per heavy atom. The number of aliphatic hydroxyl groups is 1. The molecule has 0 fully saturated rings. The predicted molar refractivity (Wildman–Crippen MR) is 76.7 cm³/mol. The van der Waals surface area contributed by atoms with Gasteiger partial charge >= 0.3 is 11.8 Å². The van der Waals surface area contributed by atoms with E-state index in [4.69, 9.17) is 5.11 Å². The van der Waals surface area contributed by atoms with Crippen LogP contribution in [0.15, 0.2) is 22.7 Å². The lowest BCUT2D eigenvalue weighted by Gasteiger charge is -2.17. The van der Waals surface area contributed by atoms with E-state index < -0.39 is 23.7 Å². The molecule has 0 bridgehead atoms. The molecule has 0 saturated heterocycles. The van der Waals surface area contributed by atoms with Gasteiger partial charge in [-0.05, 0) is 41.4 Å². The minimum atomic E-state index is -0.927. The molecular weight excluding hydrogens is 331 g/mol. The Hall–Kier alpha value is -1.47. The molecule has 5 nitrogen and oxygen atoms in total. The molecule has 20 heavy (non-hydrogen) atoms. The summed E-state index contributed by atoms with van der Waals surface area (Å²) in [6.45, 7) is 1.83. The molecule has 0 aliphatic carbocycles. The summed E-state index contributed by atoms with van der Waals surface area (Å²) in [5, 5.41) is 11.4. The molecule has 2 N–H and O–H groups in total. The third-order valence-electron chi connectivity index (χ3n) is 2.62. The van der Waals surface area contributed by atoms with Crippen molar-refractivity contribution in [2.45, 2.75) is 19.4 Å². The van der Waals surface area contributed by atoms with Crippen molar-refractivity contribution in [1.29, 1.82) is 0 Å². The summed E-state index contributed by atoms with van der Waals surface area (Å²) in [7, 11) is 1.45. The highest BCUT2D eigenvalue weighted by molar-refractivity contribution is 9.10. The highest BCUT2D eigenvalue weighted by Crippen LogP contribution is 2.25. The Bertz CT molecular complexity index is 488. The summed E-state index contributed by atoms with van der Waals surface area (Å²) < 4.78 is 13.9. The number of amides is 2. The first-order chi connectivity index (χ1) is 9.32. The number of para-hydroxylation sites is 1. The zero-order chi connectivity index (χ0) is 15.3. The van der Waals surface area contributed by atoms with Gasteiger partial charge in [0.05, 0.1) is 11.8 Å². The largest absolute Gasteiger partial charge is 0.393 e. The van der Waals surface area contributed by atoms with E-state index in [9.17, 15) is 14.0 Å². The summed E-state index contributed by atoms with van der Waals surface area (Å²) in [4.78, 5) is 24.7. The molecular formula is C13H16BrFN2O3. The molecule has 0 aromatic heterocycles. The van der Waals surface area contributed by atoms with Crippen LogP contribution in [0.2, 0.25) is 0 Å². The highest BCUT2D eigenvalue weighted by atomic mass is 79.9. The van der Waals surface area contributed by atoms with Crippen LogP contribution in [0.25, 0.3) is 0 Å². The highest BCUT2D eigenvalue weighted by Gasteiger charge is 2.21. The molecule has 1 atom stereocenters. The van der Waals surface area contributed by atoms with Crippen molar-refractivity contribution in [2.75, 3.05) is 18.9 Å². The fourth-order valence-electron chi connectivity index (χ4n) is 1.44. The zero-order valence-corrected chi connectivity index (χ0v) is 12.8. The first kappa shape index (κ1) is 16.6. The second-order valence-electron chi connectivity index (χ2n) is 4.42. The Balaban J connectivity index is 2.69. The van der Waals surface area contributed by atoms with Gasteiger partial charge in [0.2, 0.25) is 0 Å². The molecule has 110 valence electrons. The Labute approximate surface area is 124 Å². The van der Waals surface area contributed by atoms with Crippen LogP contribution in [0.3, 0.4) is 0 Å². The van der Waals surface area contributed by atoms with E-state index in [-0.39, 0.29) is 12.2 Å². The van der Waals surface area contributed by atoms with Crippen LogP contribution < -0.4 is 5.32 Å². The molecule has 1 rings (SSSR count). The molecule has 0 aliphatic heterocycles. The molecule has 7 heteroatoms. The van der Waals surface area contributed by atoms with Crippen LogP contribution >= 0.6 is 15.9 Å². The van der Waals surface area contributed by atoms with Crippen molar-refractivity contribution < 1.29 is 19.1 Å². The third kappa shape index (κ3) is 4.57. The van der Waals surface area contributed by atoms with Crippen molar-refractivity contribution in [3.05, 3.63) is 28.5 Å². The van der Waals surface area contributed by atoms with Crippen molar-refractivity contribution in [3.8, 4) is 0 Å². The Morgan fingerprint density at radius 1 is 1.50 bits per heavy atom. The molecule has 0 radical (unpaired) electrons. The topological polar surface area (TPSA) is 69.6 Å². The minimum Gasteiger partial charge on any atom is -0.393 e. The first-order valence-corrected chi connectivity index (χ1v) is 6.80. The van der Waals surface area contributed by atoms with Crippen molar-refractivity contribution in [2.24, 2.45) is 0 Å². The number of nitrogens with one attached hydrogen (secondary N) is 1. The van der Waals surface area contributed by atoms with E-state index in [0.717, 1.165) is 0 Å². The van der Waals surface area contributed by atoms with Crippen molar-refractivity contribution >= 4 is 33.4 Å². The fourth-order valence-corrected chi connectivity index (χ4v) is 1.88. The van der Waals surface area contributed by atoms with Crippen LogP contribution in [0.4, 0.5) is 10.1 Å². The van der Waals surface area contributed by atoms with Gasteiger partial charge in [-0.2, -0.15) is 0 Å². The van der Waals surface area contributed by atoms with Gasteiger partial charge in [-0.3, -0.25) is 9.59 Å². The first-order valence-electron chi connectivity index (χ1n) is 6.01. The summed E-state index contributed by atoms with van der Waals surface area (Å²) in [5.74, 6) is -2.35. The van der Waals surface area contributed by atoms with E-state index in [2.05, 4.69) is 21.2 Å². The Morgan fingerprint density at radius 2 is 2.15 bits per heavy atom. The van der Waals surface area contributed by atoms with Crippen LogP contribution in [-0.2, 0) is 9.59 Å². The monoisotopic (exact) mass is 346 g/mol. The molecule has 0 spiro atoms. The van der Waals surface area contributed by atoms with Crippen molar-refractivity contribution in [1.82, 2.24) is 4.90 Å². The van der Waals surface area contributed by atoms with Gasteiger partial charge in [0.15, 0.2) is 0 Å². The van der Waals surface area contributed by atoms with Gasteiger partial charge in [0.1, 0.15) is 5.82 Å². The molecule has 1 unspecified atom stereocenters. The number of rotatable bonds is 4. The normalized spacial score (nSPS) is 11.8. The fraction of sp³-hybridized carbons (Fsp3) is 0.385. The second-order valence-corrected chi connectivity index (χ2v) is 5.27. The number of halogens is 2. The van der Waals surface area contributed by atoms with Gasteiger partial charge < -0.3 is 15.3 Å². The lowest BCUT2D eigenvalue weighted by atomic mass is 10.2. The Kier molecular flexibility index (Phi) is 6.09. The molecule has 0 aliphatic rings. The lowest BCUT2D eigenvalue weighted by Crippen LogP contribution is -2.38. The number of anilines is 1. The van der Waals surface area contributed by atoms with Gasteiger partial charge in [-0.1, -0.05) is 6.07 Å². The zero-order valence-electron chi connectivity index (χ0n) is 11.2. The minimum absolute atomic E-state index is 0.0743. The summed E-state index contributed by atoms with van der Waals surface area (Å²) in [5.41, 5.74) is -0.0743. The molecule has 2 amide bonds. The maximum absolute atomic E-state index is 13.5. The number of carbonyl (C=O) groups is 2. The van der Waals surface area contributed by atoms with Gasteiger partial charge in [0.25, 0.3) is 0 Å². The van der Waals surface area contributed by atoms with Crippen LogP contribution in [0.1, 0.15) is 13.3 Å². The van der Waals surface area contributed by atoms with Crippen molar-refractivity contribution in [3.63, 3.8) is 0 Å². The molecule has 0 saturated carbocycles. The van der Waals surface area contributed by atoms with E-state index in [0.29, 0.717) is 10.9 Å². The molecule has 1 aromatic carbocycles. The lowest BCUT2D eigenvalue weighted by molar-refractivity contribution is -0.142. The van der Waals surface area contributed by atoms with Gasteiger partial charge in [-0.15, -0.1) is 0 Å². The predicted octanol–water partition coefficient (Wildman–Crippen LogP) is 1.76. The second kappa shape index (κ2) is 7.35. The number of hydrogen-bond donors (Lipinski definition) is 2. The SMILES string of the molecule is CC(O)CCN(C)C(=O)C(=O)Nc1c(F)cccc1Br.